The molecule has 0 saturated carbocycles. The van der Waals surface area contributed by atoms with Gasteiger partial charge in [-0.25, -0.2) is 0 Å². The van der Waals surface area contributed by atoms with E-state index in [-0.39, 0.29) is 25.4 Å². The molecule has 0 aliphatic carbocycles. The molecule has 19 heavy (non-hydrogen) atoms. The van der Waals surface area contributed by atoms with E-state index in [1.54, 1.807) is 27.7 Å². The van der Waals surface area contributed by atoms with Crippen LogP contribution in [-0.4, -0.2) is 30.9 Å². The fourth-order valence-electron chi connectivity index (χ4n) is 1.67. The highest BCUT2D eigenvalue weighted by molar-refractivity contribution is 5.99. The van der Waals surface area contributed by atoms with E-state index in [0.717, 1.165) is 5.57 Å². The highest BCUT2D eigenvalue weighted by Gasteiger charge is 2.34. The van der Waals surface area contributed by atoms with Crippen LogP contribution in [-0.2, 0) is 23.9 Å². The van der Waals surface area contributed by atoms with Gasteiger partial charge < -0.3 is 9.47 Å². The van der Waals surface area contributed by atoms with Gasteiger partial charge in [-0.05, 0) is 40.2 Å². The SMILES string of the molecule is CCOC(=O)C(C(=O)OCC)C(CC(C)=O)=C(C)C. The second kappa shape index (κ2) is 8.45. The van der Waals surface area contributed by atoms with Gasteiger partial charge >= 0.3 is 11.9 Å². The van der Waals surface area contributed by atoms with Gasteiger partial charge in [-0.15, -0.1) is 0 Å². The van der Waals surface area contributed by atoms with Crippen LogP contribution >= 0.6 is 0 Å². The maximum absolute atomic E-state index is 11.9. The van der Waals surface area contributed by atoms with E-state index < -0.39 is 17.9 Å². The normalized spacial score (nSPS) is 10.0. The molecule has 5 heteroatoms. The first-order chi connectivity index (χ1) is 8.84. The van der Waals surface area contributed by atoms with Crippen LogP contribution in [0.3, 0.4) is 0 Å². The minimum absolute atomic E-state index is 0.0463. The smallest absolute Gasteiger partial charge is 0.324 e. The summed E-state index contributed by atoms with van der Waals surface area (Å²) in [6, 6.07) is 0. The van der Waals surface area contributed by atoms with E-state index >= 15 is 0 Å². The molecule has 0 rings (SSSR count). The maximum Gasteiger partial charge on any atom is 0.324 e. The zero-order chi connectivity index (χ0) is 15.0. The lowest BCUT2D eigenvalue weighted by atomic mass is 9.91. The highest BCUT2D eigenvalue weighted by Crippen LogP contribution is 2.23. The van der Waals surface area contributed by atoms with Crippen LogP contribution in [0.5, 0.6) is 0 Å². The van der Waals surface area contributed by atoms with Crippen molar-refractivity contribution in [3.05, 3.63) is 11.1 Å². The molecule has 0 bridgehead atoms. The Kier molecular flexibility index (Phi) is 7.72. The van der Waals surface area contributed by atoms with Crippen LogP contribution in [0.1, 0.15) is 41.0 Å². The summed E-state index contributed by atoms with van der Waals surface area (Å²) in [6.07, 6.45) is 0.0463. The topological polar surface area (TPSA) is 69.7 Å². The molecule has 0 spiro atoms. The Balaban J connectivity index is 5.41. The molecule has 5 nitrogen and oxygen atoms in total. The van der Waals surface area contributed by atoms with E-state index in [9.17, 15) is 14.4 Å². The maximum atomic E-state index is 11.9. The van der Waals surface area contributed by atoms with E-state index in [1.165, 1.54) is 6.92 Å². The molecule has 0 amide bonds. The largest absolute Gasteiger partial charge is 0.465 e. The molecule has 0 aromatic heterocycles. The summed E-state index contributed by atoms with van der Waals surface area (Å²) in [4.78, 5) is 35.1. The first-order valence-electron chi connectivity index (χ1n) is 6.34. The average molecular weight is 270 g/mol. The van der Waals surface area contributed by atoms with Gasteiger partial charge in [0.15, 0.2) is 5.92 Å². The fourth-order valence-corrected chi connectivity index (χ4v) is 1.67. The highest BCUT2D eigenvalue weighted by atomic mass is 16.6. The summed E-state index contributed by atoms with van der Waals surface area (Å²) < 4.78 is 9.80. The number of esters is 2. The molecule has 0 saturated heterocycles. The summed E-state index contributed by atoms with van der Waals surface area (Å²) in [7, 11) is 0. The lowest BCUT2D eigenvalue weighted by molar-refractivity contribution is -0.159. The molecule has 108 valence electrons. The van der Waals surface area contributed by atoms with Crippen LogP contribution in [0.2, 0.25) is 0 Å². The zero-order valence-electron chi connectivity index (χ0n) is 12.2. The zero-order valence-corrected chi connectivity index (χ0v) is 12.2. The van der Waals surface area contributed by atoms with Crippen molar-refractivity contribution in [2.45, 2.75) is 41.0 Å². The molecule has 0 heterocycles. The van der Waals surface area contributed by atoms with Crippen molar-refractivity contribution in [3.8, 4) is 0 Å². The van der Waals surface area contributed by atoms with Gasteiger partial charge in [-0.2, -0.15) is 0 Å². The van der Waals surface area contributed by atoms with Gasteiger partial charge in [-0.3, -0.25) is 14.4 Å². The Labute approximate surface area is 114 Å². The monoisotopic (exact) mass is 270 g/mol. The third-order valence-electron chi connectivity index (χ3n) is 2.47. The minimum atomic E-state index is -1.14. The standard InChI is InChI=1S/C14H22O5/c1-6-18-13(16)12(14(17)19-7-2)11(9(3)4)8-10(5)15/h12H,6-8H2,1-5H3. The lowest BCUT2D eigenvalue weighted by Crippen LogP contribution is -2.31. The number of ether oxygens (including phenoxy) is 2. The second-order valence-electron chi connectivity index (χ2n) is 4.34. The molecule has 0 fully saturated rings. The van der Waals surface area contributed by atoms with E-state index in [4.69, 9.17) is 9.47 Å². The van der Waals surface area contributed by atoms with Crippen molar-refractivity contribution in [2.24, 2.45) is 5.92 Å². The van der Waals surface area contributed by atoms with Crippen LogP contribution in [0, 0.1) is 5.92 Å². The summed E-state index contributed by atoms with van der Waals surface area (Å²) >= 11 is 0. The predicted octanol–water partition coefficient (Wildman–Crippen LogP) is 2.04. The molecule has 0 radical (unpaired) electrons. The van der Waals surface area contributed by atoms with Crippen LogP contribution in [0.4, 0.5) is 0 Å². The third-order valence-corrected chi connectivity index (χ3v) is 2.47. The van der Waals surface area contributed by atoms with Crippen molar-refractivity contribution in [1.82, 2.24) is 0 Å². The Morgan fingerprint density at radius 3 is 1.58 bits per heavy atom. The molecule has 0 N–H and O–H groups in total. The van der Waals surface area contributed by atoms with Crippen molar-refractivity contribution in [2.75, 3.05) is 13.2 Å². The summed E-state index contributed by atoms with van der Waals surface area (Å²) in [5, 5.41) is 0. The molecular weight excluding hydrogens is 248 g/mol. The summed E-state index contributed by atoms with van der Waals surface area (Å²) in [6.45, 7) is 8.58. The number of carbonyl (C=O) groups is 3. The Morgan fingerprint density at radius 1 is 0.895 bits per heavy atom. The van der Waals surface area contributed by atoms with E-state index in [0.29, 0.717) is 5.57 Å². The fraction of sp³-hybridized carbons (Fsp3) is 0.643. The van der Waals surface area contributed by atoms with Crippen LogP contribution in [0.15, 0.2) is 11.1 Å². The van der Waals surface area contributed by atoms with Gasteiger partial charge in [0.1, 0.15) is 5.78 Å². The van der Waals surface area contributed by atoms with Crippen molar-refractivity contribution >= 4 is 17.7 Å². The number of Topliss-reactive ketones (excluding diaryl/α,β-unsaturated/α-hetero) is 1. The van der Waals surface area contributed by atoms with Crippen LogP contribution < -0.4 is 0 Å². The van der Waals surface area contributed by atoms with Gasteiger partial charge in [-0.1, -0.05) is 5.57 Å². The predicted molar refractivity (Wildman–Crippen MR) is 70.4 cm³/mol. The number of rotatable bonds is 7. The Hall–Kier alpha value is -1.65. The van der Waals surface area contributed by atoms with Crippen molar-refractivity contribution < 1.29 is 23.9 Å². The molecule has 0 aromatic carbocycles. The first kappa shape index (κ1) is 17.4. The van der Waals surface area contributed by atoms with Crippen LogP contribution in [0.25, 0.3) is 0 Å². The van der Waals surface area contributed by atoms with Crippen molar-refractivity contribution in [1.29, 1.82) is 0 Å². The Morgan fingerprint density at radius 2 is 1.32 bits per heavy atom. The minimum Gasteiger partial charge on any atom is -0.465 e. The molecular formula is C14H22O5. The van der Waals surface area contributed by atoms with Gasteiger partial charge in [0, 0.05) is 6.42 Å². The number of hydrogen-bond donors (Lipinski definition) is 0. The number of carbonyl (C=O) groups excluding carboxylic acids is 3. The molecule has 0 atom stereocenters. The number of allylic oxidation sites excluding steroid dienone is 1. The molecule has 0 aromatic rings. The first-order valence-corrected chi connectivity index (χ1v) is 6.34. The molecule has 0 unspecified atom stereocenters. The molecule has 0 aliphatic heterocycles. The van der Waals surface area contributed by atoms with E-state index in [1.807, 2.05) is 0 Å². The van der Waals surface area contributed by atoms with Gasteiger partial charge in [0.2, 0.25) is 0 Å². The van der Waals surface area contributed by atoms with Gasteiger partial charge in [0.05, 0.1) is 13.2 Å². The Bertz CT molecular complexity index is 359. The third kappa shape index (κ3) is 5.68. The summed E-state index contributed by atoms with van der Waals surface area (Å²) in [5.74, 6) is -2.60. The number of ketones is 1. The summed E-state index contributed by atoms with van der Waals surface area (Å²) in [5.41, 5.74) is 1.21. The lowest BCUT2D eigenvalue weighted by Gasteiger charge is -2.18. The van der Waals surface area contributed by atoms with Gasteiger partial charge in [0.25, 0.3) is 0 Å². The second-order valence-corrected chi connectivity index (χ2v) is 4.34. The number of hydrogen-bond acceptors (Lipinski definition) is 5. The quantitative estimate of drug-likeness (QED) is 0.402. The van der Waals surface area contributed by atoms with E-state index in [2.05, 4.69) is 0 Å². The van der Waals surface area contributed by atoms with Crippen molar-refractivity contribution in [3.63, 3.8) is 0 Å². The average Bonchev–Trinajstić information content (AvgIpc) is 2.28. The molecule has 0 aliphatic rings.